The van der Waals surface area contributed by atoms with Crippen molar-refractivity contribution in [3.63, 3.8) is 0 Å². The van der Waals surface area contributed by atoms with Crippen LogP contribution in [0.25, 0.3) is 27.7 Å². The summed E-state index contributed by atoms with van der Waals surface area (Å²) in [4.78, 5) is 41.2. The Hall–Kier alpha value is -4.45. The maximum atomic E-state index is 13.6. The van der Waals surface area contributed by atoms with Crippen molar-refractivity contribution in [3.8, 4) is 16.9 Å². The van der Waals surface area contributed by atoms with E-state index in [2.05, 4.69) is 0 Å². The van der Waals surface area contributed by atoms with E-state index in [9.17, 15) is 14.4 Å². The third-order valence-corrected chi connectivity index (χ3v) is 5.99. The van der Waals surface area contributed by atoms with Gasteiger partial charge in [0.2, 0.25) is 5.43 Å². The van der Waals surface area contributed by atoms with Gasteiger partial charge in [0, 0.05) is 5.56 Å². The first-order valence-corrected chi connectivity index (χ1v) is 10.1. The van der Waals surface area contributed by atoms with Crippen LogP contribution in [0, 0.1) is 0 Å². The van der Waals surface area contributed by atoms with Gasteiger partial charge in [-0.15, -0.1) is 0 Å². The highest BCUT2D eigenvalue weighted by Gasteiger charge is 2.42. The Kier molecular flexibility index (Phi) is 3.74. The Bertz CT molecular complexity index is 1600. The maximum Gasteiger partial charge on any atom is 0.268 e. The number of imide groups is 1. The number of rotatable bonds is 3. The Morgan fingerprint density at radius 2 is 1.41 bits per heavy atom. The maximum absolute atomic E-state index is 13.6. The van der Waals surface area contributed by atoms with Crippen LogP contribution in [0.5, 0.6) is 5.75 Å². The molecule has 0 saturated carbocycles. The van der Waals surface area contributed by atoms with Gasteiger partial charge in [0.05, 0.1) is 40.5 Å². The van der Waals surface area contributed by atoms with Gasteiger partial charge in [-0.2, -0.15) is 0 Å². The van der Waals surface area contributed by atoms with Crippen molar-refractivity contribution in [2.45, 2.75) is 0 Å². The van der Waals surface area contributed by atoms with Crippen LogP contribution in [0.2, 0.25) is 0 Å². The summed E-state index contributed by atoms with van der Waals surface area (Å²) < 4.78 is 6.99. The molecule has 2 amide bonds. The number of hydrogen-bond donors (Lipinski definition) is 0. The average molecular weight is 420 g/mol. The van der Waals surface area contributed by atoms with E-state index >= 15 is 0 Å². The summed E-state index contributed by atoms with van der Waals surface area (Å²) in [6, 6.07) is 22.9. The lowest BCUT2D eigenvalue weighted by atomic mass is 10.0. The number of aromatic nitrogens is 1. The number of ether oxygens (including phenoxy) is 1. The molecule has 1 aliphatic heterocycles. The zero-order valence-electron chi connectivity index (χ0n) is 17.0. The van der Waals surface area contributed by atoms with E-state index in [1.54, 1.807) is 66.1 Å². The van der Waals surface area contributed by atoms with Crippen LogP contribution in [-0.2, 0) is 0 Å². The molecule has 1 aliphatic rings. The van der Waals surface area contributed by atoms with Crippen LogP contribution in [0.3, 0.4) is 0 Å². The molecule has 0 aliphatic carbocycles. The Balaban J connectivity index is 1.71. The van der Waals surface area contributed by atoms with Crippen molar-refractivity contribution in [1.82, 2.24) is 4.40 Å². The number of para-hydroxylation sites is 1. The molecule has 6 nitrogen and oxygen atoms in total. The highest BCUT2D eigenvalue weighted by molar-refractivity contribution is 6.39. The molecule has 6 rings (SSSR count). The van der Waals surface area contributed by atoms with Gasteiger partial charge in [-0.3, -0.25) is 14.4 Å². The minimum Gasteiger partial charge on any atom is -0.497 e. The molecule has 0 atom stereocenters. The number of benzene rings is 2. The summed E-state index contributed by atoms with van der Waals surface area (Å²) in [5.74, 6) is -0.0981. The molecular weight excluding hydrogens is 404 g/mol. The lowest BCUT2D eigenvalue weighted by molar-refractivity contribution is 0.0926. The van der Waals surface area contributed by atoms with Crippen LogP contribution in [0.4, 0.5) is 5.69 Å². The fourth-order valence-electron chi connectivity index (χ4n) is 4.57. The van der Waals surface area contributed by atoms with Crippen molar-refractivity contribution in [2.75, 3.05) is 12.0 Å². The normalized spacial score (nSPS) is 13.3. The fraction of sp³-hybridized carbons (Fsp3) is 0.0385. The molecule has 0 radical (unpaired) electrons. The molecule has 0 bridgehead atoms. The second-order valence-corrected chi connectivity index (χ2v) is 7.66. The lowest BCUT2D eigenvalue weighted by Gasteiger charge is -2.16. The van der Waals surface area contributed by atoms with E-state index in [-0.39, 0.29) is 11.3 Å². The fourth-order valence-corrected chi connectivity index (χ4v) is 4.57. The van der Waals surface area contributed by atoms with Crippen molar-refractivity contribution < 1.29 is 14.3 Å². The van der Waals surface area contributed by atoms with E-state index in [4.69, 9.17) is 4.74 Å². The first kappa shape index (κ1) is 18.3. The van der Waals surface area contributed by atoms with Crippen molar-refractivity contribution in [1.29, 1.82) is 0 Å². The van der Waals surface area contributed by atoms with E-state index in [0.717, 1.165) is 5.56 Å². The number of carbonyl (C=O) groups excluding carboxylic acids is 2. The molecule has 154 valence electrons. The second-order valence-electron chi connectivity index (χ2n) is 7.66. The van der Waals surface area contributed by atoms with Gasteiger partial charge in [0.15, 0.2) is 0 Å². The van der Waals surface area contributed by atoms with E-state index in [1.807, 2.05) is 18.2 Å². The number of amides is 2. The van der Waals surface area contributed by atoms with Crippen LogP contribution in [-0.4, -0.2) is 23.3 Å². The third kappa shape index (κ3) is 2.32. The van der Waals surface area contributed by atoms with Gasteiger partial charge >= 0.3 is 0 Å². The van der Waals surface area contributed by atoms with E-state index in [1.165, 1.54) is 11.0 Å². The van der Waals surface area contributed by atoms with Gasteiger partial charge in [-0.1, -0.05) is 36.4 Å². The van der Waals surface area contributed by atoms with Gasteiger partial charge in [0.25, 0.3) is 11.8 Å². The largest absolute Gasteiger partial charge is 0.497 e. The molecule has 4 heterocycles. The lowest BCUT2D eigenvalue weighted by Crippen LogP contribution is -2.30. The molecule has 2 aromatic carbocycles. The van der Waals surface area contributed by atoms with Crippen molar-refractivity contribution in [2.24, 2.45) is 0 Å². The number of nitrogens with zero attached hydrogens (tertiary/aromatic N) is 2. The summed E-state index contributed by atoms with van der Waals surface area (Å²) in [7, 11) is 1.58. The molecule has 0 saturated heterocycles. The Morgan fingerprint density at radius 1 is 0.719 bits per heavy atom. The smallest absolute Gasteiger partial charge is 0.268 e. The molecule has 6 heteroatoms. The van der Waals surface area contributed by atoms with Gasteiger partial charge in [0.1, 0.15) is 5.75 Å². The van der Waals surface area contributed by atoms with Crippen LogP contribution in [0.1, 0.15) is 20.7 Å². The van der Waals surface area contributed by atoms with E-state index < -0.39 is 5.91 Å². The van der Waals surface area contributed by atoms with Gasteiger partial charge in [-0.05, 0) is 48.0 Å². The van der Waals surface area contributed by atoms with Crippen LogP contribution >= 0.6 is 0 Å². The molecule has 0 unspecified atom stereocenters. The molecular formula is C26H16N2O4. The minimum absolute atomic E-state index is 0.178. The van der Waals surface area contributed by atoms with Crippen molar-refractivity contribution >= 4 is 34.1 Å². The number of fused-ring (bicyclic) bond motifs is 3. The molecule has 0 N–H and O–H groups in total. The third-order valence-electron chi connectivity index (χ3n) is 5.99. The second kappa shape index (κ2) is 6.52. The van der Waals surface area contributed by atoms with Gasteiger partial charge < -0.3 is 9.14 Å². The first-order chi connectivity index (χ1) is 15.6. The SMILES string of the molecule is COc1ccc(-c2cc(=O)c3cccc4c5c(c2n43)C(=O)N(c2ccccc2)C5=O)cc1. The van der Waals surface area contributed by atoms with Gasteiger partial charge in [-0.25, -0.2) is 4.90 Å². The predicted molar refractivity (Wildman–Crippen MR) is 122 cm³/mol. The highest BCUT2D eigenvalue weighted by Crippen LogP contribution is 2.40. The number of methoxy groups -OCH3 is 1. The standard InChI is InChI=1S/C26H16N2O4/c1-32-17-12-10-15(11-13-17)18-14-21(29)19-8-5-9-20-22-23(24(18)28(19)20)26(31)27(25(22)30)16-6-3-2-4-7-16/h2-14H,1H3. The quantitative estimate of drug-likeness (QED) is 0.407. The highest BCUT2D eigenvalue weighted by atomic mass is 16.5. The number of carbonyl (C=O) groups is 2. The summed E-state index contributed by atoms with van der Waals surface area (Å²) in [5, 5.41) is 0. The molecule has 5 aromatic rings. The summed E-state index contributed by atoms with van der Waals surface area (Å²) in [6.45, 7) is 0. The number of pyridine rings is 2. The van der Waals surface area contributed by atoms with Crippen LogP contribution in [0.15, 0.2) is 83.7 Å². The van der Waals surface area contributed by atoms with E-state index in [0.29, 0.717) is 44.7 Å². The number of anilines is 1. The summed E-state index contributed by atoms with van der Waals surface area (Å²) in [5.41, 5.74) is 3.88. The number of hydrogen-bond acceptors (Lipinski definition) is 4. The summed E-state index contributed by atoms with van der Waals surface area (Å²) in [6.07, 6.45) is 0. The molecule has 32 heavy (non-hydrogen) atoms. The first-order valence-electron chi connectivity index (χ1n) is 10.1. The Morgan fingerprint density at radius 3 is 2.12 bits per heavy atom. The molecule has 3 aromatic heterocycles. The Labute approximate surface area is 182 Å². The molecule has 0 spiro atoms. The summed E-state index contributed by atoms with van der Waals surface area (Å²) >= 11 is 0. The predicted octanol–water partition coefficient (Wildman–Crippen LogP) is 4.37. The van der Waals surface area contributed by atoms with Crippen LogP contribution < -0.4 is 15.1 Å². The molecule has 0 fully saturated rings. The average Bonchev–Trinajstić information content (AvgIpc) is 3.30. The zero-order chi connectivity index (χ0) is 22.0. The van der Waals surface area contributed by atoms with Crippen molar-refractivity contribution in [3.05, 3.63) is 100 Å². The topological polar surface area (TPSA) is 68.1 Å². The minimum atomic E-state index is -0.394. The zero-order valence-corrected chi connectivity index (χ0v) is 17.0. The monoisotopic (exact) mass is 420 g/mol.